The summed E-state index contributed by atoms with van der Waals surface area (Å²) in [4.78, 5) is 0.590. The van der Waals surface area contributed by atoms with Gasteiger partial charge in [0.05, 0.1) is 0 Å². The summed E-state index contributed by atoms with van der Waals surface area (Å²) < 4.78 is 1.30. The first-order chi connectivity index (χ1) is 6.15. The summed E-state index contributed by atoms with van der Waals surface area (Å²) in [5.41, 5.74) is 1.42. The fourth-order valence-electron chi connectivity index (χ4n) is 1.33. The van der Waals surface area contributed by atoms with Crippen molar-refractivity contribution in [2.75, 3.05) is 0 Å². The van der Waals surface area contributed by atoms with E-state index in [0.29, 0.717) is 10.7 Å². The molecule has 72 valence electrons. The van der Waals surface area contributed by atoms with Crippen LogP contribution in [0.15, 0.2) is 24.3 Å². The van der Waals surface area contributed by atoms with Gasteiger partial charge in [-0.1, -0.05) is 41.9 Å². The van der Waals surface area contributed by atoms with Crippen LogP contribution in [0.1, 0.15) is 31.7 Å². The van der Waals surface area contributed by atoms with E-state index in [1.807, 2.05) is 0 Å². The Balaban J connectivity index is 2.77. The molecule has 2 unspecified atom stereocenters. The van der Waals surface area contributed by atoms with Crippen LogP contribution in [0.2, 0.25) is 0 Å². The van der Waals surface area contributed by atoms with E-state index in [0.717, 1.165) is 0 Å². The molecule has 1 rings (SSSR count). The molecule has 13 heavy (non-hydrogen) atoms. The van der Waals surface area contributed by atoms with Crippen molar-refractivity contribution < 1.29 is 0 Å². The average Bonchev–Trinajstić information content (AvgIpc) is 2.17. The van der Waals surface area contributed by atoms with Gasteiger partial charge in [-0.25, -0.2) is 0 Å². The third-order valence-electron chi connectivity index (χ3n) is 2.33. The van der Waals surface area contributed by atoms with Crippen LogP contribution in [0, 0.1) is 3.57 Å². The third-order valence-corrected chi connectivity index (χ3v) is 4.49. The summed E-state index contributed by atoms with van der Waals surface area (Å²) in [6, 6.07) is 8.77. The van der Waals surface area contributed by atoms with Crippen molar-refractivity contribution in [3.8, 4) is 0 Å². The van der Waals surface area contributed by atoms with Crippen molar-refractivity contribution in [3.63, 3.8) is 0 Å². The maximum absolute atomic E-state index is 3.70. The molecule has 0 saturated heterocycles. The first-order valence-electron chi connectivity index (χ1n) is 4.54. The van der Waals surface area contributed by atoms with E-state index < -0.39 is 0 Å². The Labute approximate surface area is 102 Å². The van der Waals surface area contributed by atoms with Crippen LogP contribution in [0.3, 0.4) is 0 Å². The van der Waals surface area contributed by atoms with Crippen LogP contribution in [-0.4, -0.2) is 4.83 Å². The minimum atomic E-state index is 0.590. The summed E-state index contributed by atoms with van der Waals surface area (Å²) >= 11 is 6.03. The predicted molar refractivity (Wildman–Crippen MR) is 70.6 cm³/mol. The van der Waals surface area contributed by atoms with E-state index in [2.05, 4.69) is 76.6 Å². The molecule has 0 heterocycles. The van der Waals surface area contributed by atoms with E-state index in [1.165, 1.54) is 15.6 Å². The number of benzene rings is 1. The first kappa shape index (κ1) is 11.5. The molecule has 0 N–H and O–H groups in total. The van der Waals surface area contributed by atoms with Crippen molar-refractivity contribution >= 4 is 38.5 Å². The third kappa shape index (κ3) is 3.24. The molecule has 0 radical (unpaired) electrons. The lowest BCUT2D eigenvalue weighted by molar-refractivity contribution is 0.694. The maximum Gasteiger partial charge on any atom is 0.0209 e. The van der Waals surface area contributed by atoms with Crippen molar-refractivity contribution in [2.45, 2.75) is 31.0 Å². The fraction of sp³-hybridized carbons (Fsp3) is 0.455. The van der Waals surface area contributed by atoms with Crippen molar-refractivity contribution in [2.24, 2.45) is 0 Å². The largest absolute Gasteiger partial charge is 0.0884 e. The van der Waals surface area contributed by atoms with E-state index in [4.69, 9.17) is 0 Å². The molecule has 0 bridgehead atoms. The molecule has 0 aromatic heterocycles. The van der Waals surface area contributed by atoms with Crippen LogP contribution in [0.25, 0.3) is 0 Å². The molecule has 2 heteroatoms. The smallest absolute Gasteiger partial charge is 0.0209 e. The Morgan fingerprint density at radius 3 is 2.31 bits per heavy atom. The molecule has 0 aliphatic heterocycles. The molecule has 0 amide bonds. The van der Waals surface area contributed by atoms with E-state index >= 15 is 0 Å². The zero-order valence-corrected chi connectivity index (χ0v) is 11.7. The highest BCUT2D eigenvalue weighted by atomic mass is 127. The monoisotopic (exact) mass is 352 g/mol. The zero-order chi connectivity index (χ0) is 9.84. The molecule has 0 saturated carbocycles. The Hall–Kier alpha value is 0.430. The molecule has 0 fully saturated rings. The Morgan fingerprint density at radius 2 is 1.85 bits per heavy atom. The average molecular weight is 353 g/mol. The van der Waals surface area contributed by atoms with Gasteiger partial charge in [0.2, 0.25) is 0 Å². The molecule has 2 atom stereocenters. The molecule has 1 aromatic carbocycles. The number of hydrogen-bond donors (Lipinski definition) is 0. The summed E-state index contributed by atoms with van der Waals surface area (Å²) in [7, 11) is 0. The van der Waals surface area contributed by atoms with Gasteiger partial charge >= 0.3 is 0 Å². The molecule has 0 aliphatic carbocycles. The van der Waals surface area contributed by atoms with E-state index in [9.17, 15) is 0 Å². The fourth-order valence-corrected chi connectivity index (χ4v) is 1.99. The van der Waals surface area contributed by atoms with Gasteiger partial charge in [0.25, 0.3) is 0 Å². The second-order valence-electron chi connectivity index (χ2n) is 3.26. The van der Waals surface area contributed by atoms with Crippen molar-refractivity contribution in [1.29, 1.82) is 0 Å². The maximum atomic E-state index is 3.70. The molecular formula is C11H14BrI. The lowest BCUT2D eigenvalue weighted by atomic mass is 9.97. The second-order valence-corrected chi connectivity index (χ2v) is 5.69. The quantitative estimate of drug-likeness (QED) is 0.552. The number of rotatable bonds is 3. The number of halogens is 2. The van der Waals surface area contributed by atoms with E-state index in [-0.39, 0.29) is 0 Å². The lowest BCUT2D eigenvalue weighted by Crippen LogP contribution is -2.07. The molecule has 0 nitrogen and oxygen atoms in total. The highest BCUT2D eigenvalue weighted by Gasteiger charge is 2.13. The zero-order valence-electron chi connectivity index (χ0n) is 7.93. The summed E-state index contributed by atoms with van der Waals surface area (Å²) in [5, 5.41) is 0. The van der Waals surface area contributed by atoms with Crippen LogP contribution in [0.5, 0.6) is 0 Å². The predicted octanol–water partition coefficient (Wildman–Crippen LogP) is 4.57. The van der Waals surface area contributed by atoms with Crippen LogP contribution >= 0.6 is 38.5 Å². The summed E-state index contributed by atoms with van der Waals surface area (Å²) in [5.74, 6) is 0.599. The molecule has 0 spiro atoms. The molecular weight excluding hydrogens is 339 g/mol. The van der Waals surface area contributed by atoms with Crippen molar-refractivity contribution in [3.05, 3.63) is 33.4 Å². The Morgan fingerprint density at radius 1 is 1.31 bits per heavy atom. The van der Waals surface area contributed by atoms with Crippen LogP contribution in [-0.2, 0) is 0 Å². The second kappa shape index (κ2) is 5.35. The summed E-state index contributed by atoms with van der Waals surface area (Å²) in [6.07, 6.45) is 1.17. The summed E-state index contributed by atoms with van der Waals surface area (Å²) in [6.45, 7) is 4.48. The van der Waals surface area contributed by atoms with Gasteiger partial charge < -0.3 is 0 Å². The first-order valence-corrected chi connectivity index (χ1v) is 6.54. The van der Waals surface area contributed by atoms with Gasteiger partial charge in [-0.2, -0.15) is 0 Å². The lowest BCUT2D eigenvalue weighted by Gasteiger charge is -2.16. The van der Waals surface area contributed by atoms with Gasteiger partial charge in [-0.3, -0.25) is 0 Å². The number of alkyl halides is 1. The van der Waals surface area contributed by atoms with Gasteiger partial charge in [-0.05, 0) is 52.6 Å². The Kier molecular flexibility index (Phi) is 4.73. The Bertz CT molecular complexity index is 255. The minimum Gasteiger partial charge on any atom is -0.0884 e. The minimum absolute atomic E-state index is 0.590. The SMILES string of the molecule is CCC(Br)C(C)c1ccc(I)cc1. The highest BCUT2D eigenvalue weighted by molar-refractivity contribution is 14.1. The number of hydrogen-bond acceptors (Lipinski definition) is 0. The van der Waals surface area contributed by atoms with Gasteiger partial charge in [0, 0.05) is 8.40 Å². The topological polar surface area (TPSA) is 0 Å². The van der Waals surface area contributed by atoms with Crippen LogP contribution in [0.4, 0.5) is 0 Å². The standard InChI is InChI=1S/C11H14BrI/c1-3-11(12)8(2)9-4-6-10(13)7-5-9/h4-8,11H,3H2,1-2H3. The van der Waals surface area contributed by atoms with Gasteiger partial charge in [-0.15, -0.1) is 0 Å². The highest BCUT2D eigenvalue weighted by Crippen LogP contribution is 2.26. The normalized spacial score (nSPS) is 15.4. The van der Waals surface area contributed by atoms with E-state index in [1.54, 1.807) is 0 Å². The molecule has 1 aromatic rings. The van der Waals surface area contributed by atoms with Gasteiger partial charge in [0.1, 0.15) is 0 Å². The van der Waals surface area contributed by atoms with Crippen LogP contribution < -0.4 is 0 Å². The molecule has 0 aliphatic rings. The van der Waals surface area contributed by atoms with Gasteiger partial charge in [0.15, 0.2) is 0 Å². The van der Waals surface area contributed by atoms with Crippen molar-refractivity contribution in [1.82, 2.24) is 0 Å².